The number of amides is 1. The van der Waals surface area contributed by atoms with Crippen LogP contribution in [0.2, 0.25) is 0 Å². The molecule has 1 N–H and O–H groups in total. The first-order valence-corrected chi connectivity index (χ1v) is 9.52. The lowest BCUT2D eigenvalue weighted by atomic mass is 10.2. The molecule has 2 rings (SSSR count). The lowest BCUT2D eigenvalue weighted by Crippen LogP contribution is -2.32. The monoisotopic (exact) mass is 381 g/mol. The molecule has 26 heavy (non-hydrogen) atoms. The van der Waals surface area contributed by atoms with Crippen molar-refractivity contribution in [2.45, 2.75) is 31.7 Å². The van der Waals surface area contributed by atoms with E-state index in [1.807, 2.05) is 24.3 Å². The van der Waals surface area contributed by atoms with Crippen molar-refractivity contribution in [2.24, 2.45) is 0 Å². The SMILES string of the molecule is COc1ccc(CN(C)C(=O)CCNS(=O)(=O)c2c(C)noc2C)cc1. The molecule has 0 saturated carbocycles. The van der Waals surface area contributed by atoms with E-state index in [2.05, 4.69) is 9.88 Å². The van der Waals surface area contributed by atoms with Gasteiger partial charge in [-0.3, -0.25) is 4.79 Å². The summed E-state index contributed by atoms with van der Waals surface area (Å²) in [7, 11) is -0.490. The quantitative estimate of drug-likeness (QED) is 0.746. The Morgan fingerprint density at radius 3 is 2.46 bits per heavy atom. The van der Waals surface area contributed by atoms with Crippen LogP contribution in [0.15, 0.2) is 33.7 Å². The molecule has 9 heteroatoms. The number of hydrogen-bond acceptors (Lipinski definition) is 6. The minimum atomic E-state index is -3.76. The van der Waals surface area contributed by atoms with Gasteiger partial charge in [-0.25, -0.2) is 13.1 Å². The summed E-state index contributed by atoms with van der Waals surface area (Å²) in [5.41, 5.74) is 1.25. The average molecular weight is 381 g/mol. The summed E-state index contributed by atoms with van der Waals surface area (Å²) in [5, 5.41) is 3.63. The van der Waals surface area contributed by atoms with Gasteiger partial charge in [0.1, 0.15) is 16.3 Å². The molecule has 2 aromatic rings. The van der Waals surface area contributed by atoms with Crippen molar-refractivity contribution in [1.29, 1.82) is 0 Å². The van der Waals surface area contributed by atoms with Crippen molar-refractivity contribution < 1.29 is 22.5 Å². The first-order valence-electron chi connectivity index (χ1n) is 8.04. The molecule has 0 saturated heterocycles. The van der Waals surface area contributed by atoms with E-state index in [-0.39, 0.29) is 35.2 Å². The van der Waals surface area contributed by atoms with E-state index in [1.165, 1.54) is 6.92 Å². The maximum absolute atomic E-state index is 12.3. The number of nitrogens with zero attached hydrogens (tertiary/aromatic N) is 2. The third kappa shape index (κ3) is 4.83. The molecular weight excluding hydrogens is 358 g/mol. The van der Waals surface area contributed by atoms with E-state index >= 15 is 0 Å². The van der Waals surface area contributed by atoms with Gasteiger partial charge in [0, 0.05) is 26.6 Å². The zero-order valence-corrected chi connectivity index (χ0v) is 16.1. The second kappa shape index (κ2) is 8.33. The molecule has 0 atom stereocenters. The lowest BCUT2D eigenvalue weighted by Gasteiger charge is -2.17. The van der Waals surface area contributed by atoms with Crippen LogP contribution in [-0.4, -0.2) is 45.1 Å². The lowest BCUT2D eigenvalue weighted by molar-refractivity contribution is -0.130. The fourth-order valence-electron chi connectivity index (χ4n) is 2.51. The highest BCUT2D eigenvalue weighted by Crippen LogP contribution is 2.18. The van der Waals surface area contributed by atoms with Gasteiger partial charge in [-0.2, -0.15) is 0 Å². The number of benzene rings is 1. The summed E-state index contributed by atoms with van der Waals surface area (Å²) in [6.07, 6.45) is 0.0509. The van der Waals surface area contributed by atoms with Gasteiger partial charge < -0.3 is 14.2 Å². The molecule has 0 aliphatic carbocycles. The maximum atomic E-state index is 12.3. The predicted molar refractivity (Wildman–Crippen MR) is 95.3 cm³/mol. The molecule has 0 spiro atoms. The van der Waals surface area contributed by atoms with Crippen LogP contribution in [0.1, 0.15) is 23.4 Å². The number of hydrogen-bond donors (Lipinski definition) is 1. The highest BCUT2D eigenvalue weighted by Gasteiger charge is 2.24. The van der Waals surface area contributed by atoms with Crippen LogP contribution in [-0.2, 0) is 21.4 Å². The summed E-state index contributed by atoms with van der Waals surface area (Å²) in [4.78, 5) is 13.8. The van der Waals surface area contributed by atoms with Crippen LogP contribution in [0, 0.1) is 13.8 Å². The number of ether oxygens (including phenoxy) is 1. The Morgan fingerprint density at radius 2 is 1.92 bits per heavy atom. The Balaban J connectivity index is 1.87. The Labute approximate surface area is 153 Å². The molecule has 1 heterocycles. The topological polar surface area (TPSA) is 102 Å². The van der Waals surface area contributed by atoms with E-state index in [4.69, 9.17) is 9.26 Å². The third-order valence-corrected chi connectivity index (χ3v) is 5.58. The molecule has 142 valence electrons. The van der Waals surface area contributed by atoms with E-state index in [9.17, 15) is 13.2 Å². The Morgan fingerprint density at radius 1 is 1.27 bits per heavy atom. The smallest absolute Gasteiger partial charge is 0.245 e. The number of aryl methyl sites for hydroxylation is 2. The second-order valence-corrected chi connectivity index (χ2v) is 7.60. The van der Waals surface area contributed by atoms with Crippen molar-refractivity contribution in [3.05, 3.63) is 41.3 Å². The minimum Gasteiger partial charge on any atom is -0.497 e. The van der Waals surface area contributed by atoms with Gasteiger partial charge in [-0.15, -0.1) is 0 Å². The molecule has 0 unspecified atom stereocenters. The predicted octanol–water partition coefficient (Wildman–Crippen LogP) is 1.63. The zero-order chi connectivity index (χ0) is 19.3. The highest BCUT2D eigenvalue weighted by atomic mass is 32.2. The zero-order valence-electron chi connectivity index (χ0n) is 15.3. The van der Waals surface area contributed by atoms with Crippen LogP contribution in [0.4, 0.5) is 0 Å². The minimum absolute atomic E-state index is 0.00181. The average Bonchev–Trinajstić information content (AvgIpc) is 2.94. The molecule has 0 bridgehead atoms. The molecule has 0 aliphatic heterocycles. The highest BCUT2D eigenvalue weighted by molar-refractivity contribution is 7.89. The number of carbonyl (C=O) groups excluding carboxylic acids is 1. The number of sulfonamides is 1. The molecule has 0 fully saturated rings. The largest absolute Gasteiger partial charge is 0.497 e. The van der Waals surface area contributed by atoms with E-state index in [0.29, 0.717) is 6.54 Å². The van der Waals surface area contributed by atoms with Crippen molar-refractivity contribution >= 4 is 15.9 Å². The van der Waals surface area contributed by atoms with Crippen LogP contribution in [0.25, 0.3) is 0 Å². The molecule has 0 aliphatic rings. The van der Waals surface area contributed by atoms with Crippen LogP contribution >= 0.6 is 0 Å². The summed E-state index contributed by atoms with van der Waals surface area (Å²) < 4.78 is 37.0. The molecular formula is C17H23N3O5S. The van der Waals surface area contributed by atoms with Crippen molar-refractivity contribution in [2.75, 3.05) is 20.7 Å². The summed E-state index contributed by atoms with van der Waals surface area (Å²) in [6, 6.07) is 7.41. The normalized spacial score (nSPS) is 11.4. The van der Waals surface area contributed by atoms with Gasteiger partial charge in [0.15, 0.2) is 5.76 Å². The fraction of sp³-hybridized carbons (Fsp3) is 0.412. The Kier molecular flexibility index (Phi) is 6.38. The van der Waals surface area contributed by atoms with Gasteiger partial charge in [-0.05, 0) is 31.5 Å². The molecule has 1 aromatic carbocycles. The number of nitrogens with one attached hydrogen (secondary N) is 1. The van der Waals surface area contributed by atoms with Gasteiger partial charge in [-0.1, -0.05) is 17.3 Å². The van der Waals surface area contributed by atoms with E-state index in [0.717, 1.165) is 11.3 Å². The van der Waals surface area contributed by atoms with Gasteiger partial charge in [0.05, 0.1) is 7.11 Å². The number of rotatable bonds is 8. The molecule has 8 nitrogen and oxygen atoms in total. The van der Waals surface area contributed by atoms with E-state index < -0.39 is 10.0 Å². The molecule has 1 amide bonds. The molecule has 1 aromatic heterocycles. The van der Waals surface area contributed by atoms with Crippen molar-refractivity contribution in [3.63, 3.8) is 0 Å². The number of carbonyl (C=O) groups is 1. The van der Waals surface area contributed by atoms with Crippen LogP contribution in [0.5, 0.6) is 5.75 Å². The Hall–Kier alpha value is -2.39. The summed E-state index contributed by atoms with van der Waals surface area (Å²) in [5.74, 6) is 0.802. The standard InChI is InChI=1S/C17H23N3O5S/c1-12-17(13(2)25-19-12)26(22,23)18-10-9-16(21)20(3)11-14-5-7-15(24-4)8-6-14/h5-8,18H,9-11H2,1-4H3. The second-order valence-electron chi connectivity index (χ2n) is 5.90. The number of aromatic nitrogens is 1. The third-order valence-electron chi connectivity index (χ3n) is 3.87. The maximum Gasteiger partial charge on any atom is 0.245 e. The van der Waals surface area contributed by atoms with Crippen molar-refractivity contribution in [1.82, 2.24) is 14.8 Å². The summed E-state index contributed by atoms with van der Waals surface area (Å²) >= 11 is 0. The first kappa shape index (κ1) is 19.9. The van der Waals surface area contributed by atoms with Crippen LogP contribution in [0.3, 0.4) is 0 Å². The first-order chi connectivity index (χ1) is 12.2. The van der Waals surface area contributed by atoms with E-state index in [1.54, 1.807) is 26.0 Å². The van der Waals surface area contributed by atoms with Crippen LogP contribution < -0.4 is 9.46 Å². The summed E-state index contributed by atoms with van der Waals surface area (Å²) in [6.45, 7) is 3.51. The molecule has 0 radical (unpaired) electrons. The van der Waals surface area contributed by atoms with Crippen molar-refractivity contribution in [3.8, 4) is 5.75 Å². The van der Waals surface area contributed by atoms with Gasteiger partial charge in [0.2, 0.25) is 15.9 Å². The number of methoxy groups -OCH3 is 1. The Bertz CT molecular complexity index is 840. The fourth-order valence-corrected chi connectivity index (χ4v) is 3.86. The van der Waals surface area contributed by atoms with Gasteiger partial charge in [0.25, 0.3) is 0 Å². The van der Waals surface area contributed by atoms with Gasteiger partial charge >= 0.3 is 0 Å².